The maximum absolute atomic E-state index is 5.43. The SMILES string of the molecule is [B]CCCCc1ccc(C=C)cc1. The van der Waals surface area contributed by atoms with Crippen molar-refractivity contribution in [3.8, 4) is 0 Å². The van der Waals surface area contributed by atoms with Crippen molar-refractivity contribution in [3.05, 3.63) is 42.0 Å². The summed E-state index contributed by atoms with van der Waals surface area (Å²) in [6.45, 7) is 3.72. The Morgan fingerprint density at radius 3 is 2.38 bits per heavy atom. The molecule has 1 aromatic rings. The summed E-state index contributed by atoms with van der Waals surface area (Å²) in [6.07, 6.45) is 6.09. The van der Waals surface area contributed by atoms with Crippen molar-refractivity contribution < 1.29 is 0 Å². The first-order valence-corrected chi connectivity index (χ1v) is 4.78. The zero-order valence-corrected chi connectivity index (χ0v) is 8.00. The van der Waals surface area contributed by atoms with Gasteiger partial charge in [-0.2, -0.15) is 0 Å². The minimum Gasteiger partial charge on any atom is -0.0985 e. The lowest BCUT2D eigenvalue weighted by Crippen LogP contribution is -1.85. The predicted molar refractivity (Wildman–Crippen MR) is 60.0 cm³/mol. The molecule has 1 heteroatoms. The number of unbranched alkanes of at least 4 members (excludes halogenated alkanes) is 1. The van der Waals surface area contributed by atoms with Crippen LogP contribution in [0.4, 0.5) is 0 Å². The summed E-state index contributed by atoms with van der Waals surface area (Å²) in [5.41, 5.74) is 2.57. The van der Waals surface area contributed by atoms with Gasteiger partial charge < -0.3 is 0 Å². The van der Waals surface area contributed by atoms with E-state index in [4.69, 9.17) is 7.85 Å². The van der Waals surface area contributed by atoms with Crippen LogP contribution in [0, 0.1) is 0 Å². The molecular weight excluding hydrogens is 155 g/mol. The molecule has 0 amide bonds. The van der Waals surface area contributed by atoms with E-state index in [0.29, 0.717) is 0 Å². The molecule has 0 saturated heterocycles. The number of hydrogen-bond acceptors (Lipinski definition) is 0. The monoisotopic (exact) mass is 170 g/mol. The van der Waals surface area contributed by atoms with Gasteiger partial charge in [0.1, 0.15) is 0 Å². The Balaban J connectivity index is 2.44. The van der Waals surface area contributed by atoms with Crippen molar-refractivity contribution in [2.45, 2.75) is 25.6 Å². The largest absolute Gasteiger partial charge is 0.0985 e. The van der Waals surface area contributed by atoms with Crippen LogP contribution in [0.5, 0.6) is 0 Å². The van der Waals surface area contributed by atoms with E-state index in [1.807, 2.05) is 6.08 Å². The second-order valence-electron chi connectivity index (χ2n) is 3.19. The maximum atomic E-state index is 5.43. The van der Waals surface area contributed by atoms with Gasteiger partial charge in [-0.15, -0.1) is 0 Å². The van der Waals surface area contributed by atoms with E-state index in [2.05, 4.69) is 30.8 Å². The van der Waals surface area contributed by atoms with Gasteiger partial charge in [0.25, 0.3) is 0 Å². The van der Waals surface area contributed by atoms with Crippen LogP contribution >= 0.6 is 0 Å². The van der Waals surface area contributed by atoms with Crippen molar-refractivity contribution >= 4 is 13.9 Å². The third-order valence-corrected chi connectivity index (χ3v) is 2.13. The molecule has 0 aliphatic rings. The van der Waals surface area contributed by atoms with E-state index in [1.54, 1.807) is 0 Å². The van der Waals surface area contributed by atoms with Crippen LogP contribution < -0.4 is 0 Å². The lowest BCUT2D eigenvalue weighted by Gasteiger charge is -2.00. The molecule has 13 heavy (non-hydrogen) atoms. The van der Waals surface area contributed by atoms with Crippen LogP contribution in [0.25, 0.3) is 6.08 Å². The van der Waals surface area contributed by atoms with E-state index in [1.165, 1.54) is 17.5 Å². The summed E-state index contributed by atoms with van der Waals surface area (Å²) in [5.74, 6) is 0. The first-order chi connectivity index (χ1) is 6.36. The first-order valence-electron chi connectivity index (χ1n) is 4.78. The number of benzene rings is 1. The zero-order chi connectivity index (χ0) is 9.52. The smallest absolute Gasteiger partial charge is 0.0653 e. The lowest BCUT2D eigenvalue weighted by atomic mass is 9.97. The highest BCUT2D eigenvalue weighted by atomic mass is 14.0. The van der Waals surface area contributed by atoms with Crippen molar-refractivity contribution in [2.24, 2.45) is 0 Å². The molecule has 0 nitrogen and oxygen atoms in total. The molecule has 0 heterocycles. The molecule has 0 unspecified atom stereocenters. The van der Waals surface area contributed by atoms with Gasteiger partial charge in [0, 0.05) is 0 Å². The summed E-state index contributed by atoms with van der Waals surface area (Å²) in [7, 11) is 5.43. The van der Waals surface area contributed by atoms with E-state index >= 15 is 0 Å². The van der Waals surface area contributed by atoms with Gasteiger partial charge in [-0.25, -0.2) is 0 Å². The fourth-order valence-electron chi connectivity index (χ4n) is 1.29. The van der Waals surface area contributed by atoms with Crippen molar-refractivity contribution in [2.75, 3.05) is 0 Å². The Hall–Kier alpha value is -0.975. The van der Waals surface area contributed by atoms with Crippen LogP contribution in [0.1, 0.15) is 24.0 Å². The highest BCUT2D eigenvalue weighted by molar-refractivity contribution is 6.08. The molecule has 0 spiro atoms. The van der Waals surface area contributed by atoms with E-state index in [0.717, 1.165) is 19.2 Å². The van der Waals surface area contributed by atoms with Gasteiger partial charge in [0.15, 0.2) is 0 Å². The Bertz CT molecular complexity index is 248. The molecule has 0 aromatic heterocycles. The molecule has 1 rings (SSSR count). The molecule has 66 valence electrons. The Morgan fingerprint density at radius 1 is 1.15 bits per heavy atom. The fraction of sp³-hybridized carbons (Fsp3) is 0.333. The Labute approximate surface area is 82.1 Å². The summed E-state index contributed by atoms with van der Waals surface area (Å²) in [5, 5.41) is 0. The average Bonchev–Trinajstić information content (AvgIpc) is 2.19. The highest BCUT2D eigenvalue weighted by Gasteiger charge is 1.92. The van der Waals surface area contributed by atoms with Crippen LogP contribution in [0.15, 0.2) is 30.8 Å². The molecule has 0 bridgehead atoms. The lowest BCUT2D eigenvalue weighted by molar-refractivity contribution is 0.794. The molecule has 1 aromatic carbocycles. The minimum atomic E-state index is 0.796. The third kappa shape index (κ3) is 3.50. The van der Waals surface area contributed by atoms with Crippen LogP contribution in [0.2, 0.25) is 6.32 Å². The van der Waals surface area contributed by atoms with Gasteiger partial charge in [-0.05, 0) is 24.0 Å². The van der Waals surface area contributed by atoms with E-state index in [-0.39, 0.29) is 0 Å². The minimum absolute atomic E-state index is 0.796. The highest BCUT2D eigenvalue weighted by Crippen LogP contribution is 2.09. The Kier molecular flexibility index (Phi) is 4.38. The molecule has 0 atom stereocenters. The molecule has 0 aliphatic carbocycles. The molecular formula is C12H15B. The molecule has 0 N–H and O–H groups in total. The second kappa shape index (κ2) is 5.63. The number of rotatable bonds is 5. The first kappa shape index (κ1) is 10.1. The second-order valence-corrected chi connectivity index (χ2v) is 3.19. The Morgan fingerprint density at radius 2 is 1.85 bits per heavy atom. The average molecular weight is 170 g/mol. The maximum Gasteiger partial charge on any atom is 0.0653 e. The van der Waals surface area contributed by atoms with Crippen molar-refractivity contribution in [3.63, 3.8) is 0 Å². The fourth-order valence-corrected chi connectivity index (χ4v) is 1.29. The quantitative estimate of drug-likeness (QED) is 0.470. The predicted octanol–water partition coefficient (Wildman–Crippen LogP) is 3.24. The molecule has 2 radical (unpaired) electrons. The summed E-state index contributed by atoms with van der Waals surface area (Å²) >= 11 is 0. The summed E-state index contributed by atoms with van der Waals surface area (Å²) < 4.78 is 0. The standard InChI is InChI=1S/C12H15B/c1-2-11-6-8-12(9-7-11)5-3-4-10-13/h2,6-9H,1,3-5,10H2. The van der Waals surface area contributed by atoms with Gasteiger partial charge in [0.05, 0.1) is 7.85 Å². The summed E-state index contributed by atoms with van der Waals surface area (Å²) in [6, 6.07) is 8.52. The van der Waals surface area contributed by atoms with Crippen molar-refractivity contribution in [1.82, 2.24) is 0 Å². The number of aryl methyl sites for hydroxylation is 1. The normalized spacial score (nSPS) is 9.85. The molecule has 0 aliphatic heterocycles. The molecule has 0 saturated carbocycles. The van der Waals surface area contributed by atoms with E-state index in [9.17, 15) is 0 Å². The van der Waals surface area contributed by atoms with E-state index < -0.39 is 0 Å². The van der Waals surface area contributed by atoms with Crippen molar-refractivity contribution in [1.29, 1.82) is 0 Å². The zero-order valence-electron chi connectivity index (χ0n) is 8.00. The van der Waals surface area contributed by atoms with Gasteiger partial charge in [0.2, 0.25) is 0 Å². The third-order valence-electron chi connectivity index (χ3n) is 2.13. The molecule has 0 fully saturated rings. The topological polar surface area (TPSA) is 0 Å². The van der Waals surface area contributed by atoms with Crippen LogP contribution in [-0.4, -0.2) is 7.85 Å². The van der Waals surface area contributed by atoms with Crippen LogP contribution in [0.3, 0.4) is 0 Å². The van der Waals surface area contributed by atoms with Crippen LogP contribution in [-0.2, 0) is 6.42 Å². The van der Waals surface area contributed by atoms with Gasteiger partial charge in [-0.3, -0.25) is 0 Å². The van der Waals surface area contributed by atoms with Gasteiger partial charge in [-0.1, -0.05) is 49.7 Å². The number of hydrogen-bond donors (Lipinski definition) is 0. The van der Waals surface area contributed by atoms with Gasteiger partial charge >= 0.3 is 0 Å². The summed E-state index contributed by atoms with van der Waals surface area (Å²) in [4.78, 5) is 0.